The number of thiazole rings is 1. The van der Waals surface area contributed by atoms with Crippen LogP contribution in [0.3, 0.4) is 0 Å². The number of nitrogens with zero attached hydrogens (tertiary/aromatic N) is 5. The molecule has 10 heteroatoms. The van der Waals surface area contributed by atoms with Crippen LogP contribution in [-0.2, 0) is 11.3 Å². The maximum absolute atomic E-state index is 12.4. The van der Waals surface area contributed by atoms with Crippen molar-refractivity contribution in [2.45, 2.75) is 18.6 Å². The molecule has 3 heterocycles. The van der Waals surface area contributed by atoms with Crippen LogP contribution < -0.4 is 5.32 Å². The van der Waals surface area contributed by atoms with E-state index < -0.39 is 0 Å². The molecule has 30 heavy (non-hydrogen) atoms. The van der Waals surface area contributed by atoms with Gasteiger partial charge in [0.15, 0.2) is 16.1 Å². The minimum Gasteiger partial charge on any atom is -0.302 e. The Balaban J connectivity index is 1.39. The molecule has 4 rings (SSSR count). The van der Waals surface area contributed by atoms with Crippen LogP contribution in [0.15, 0.2) is 59.3 Å². The van der Waals surface area contributed by atoms with Crippen molar-refractivity contribution in [1.29, 1.82) is 0 Å². The summed E-state index contributed by atoms with van der Waals surface area (Å²) in [5.41, 5.74) is 2.69. The lowest BCUT2D eigenvalue weighted by molar-refractivity contribution is -0.113. The fourth-order valence-electron chi connectivity index (χ4n) is 2.76. The summed E-state index contributed by atoms with van der Waals surface area (Å²) in [7, 11) is 0. The zero-order chi connectivity index (χ0) is 20.9. The van der Waals surface area contributed by atoms with Crippen LogP contribution in [0.4, 0.5) is 5.13 Å². The van der Waals surface area contributed by atoms with Gasteiger partial charge in [0, 0.05) is 40.5 Å². The molecule has 1 aromatic carbocycles. The molecule has 0 saturated heterocycles. The van der Waals surface area contributed by atoms with E-state index >= 15 is 0 Å². The molecule has 0 radical (unpaired) electrons. The van der Waals surface area contributed by atoms with E-state index in [0.717, 1.165) is 22.6 Å². The monoisotopic (exact) mass is 456 g/mol. The maximum Gasteiger partial charge on any atom is 0.236 e. The molecule has 1 N–H and O–H groups in total. The van der Waals surface area contributed by atoms with Gasteiger partial charge < -0.3 is 9.88 Å². The molecule has 0 fully saturated rings. The second kappa shape index (κ2) is 9.38. The lowest BCUT2D eigenvalue weighted by Gasteiger charge is -2.07. The van der Waals surface area contributed by atoms with Gasteiger partial charge in [-0.05, 0) is 31.2 Å². The maximum atomic E-state index is 12.4. The Kier molecular flexibility index (Phi) is 6.41. The Bertz CT molecular complexity index is 1140. The van der Waals surface area contributed by atoms with Crippen LogP contribution in [0.1, 0.15) is 6.92 Å². The van der Waals surface area contributed by atoms with Crippen LogP contribution in [0.2, 0.25) is 5.02 Å². The van der Waals surface area contributed by atoms with Crippen molar-refractivity contribution in [2.24, 2.45) is 0 Å². The van der Waals surface area contributed by atoms with E-state index in [1.54, 1.807) is 12.4 Å². The first-order valence-electron chi connectivity index (χ1n) is 9.11. The summed E-state index contributed by atoms with van der Waals surface area (Å²) in [6.07, 6.45) is 3.44. The summed E-state index contributed by atoms with van der Waals surface area (Å²) in [6.45, 7) is 2.72. The minimum absolute atomic E-state index is 0.145. The van der Waals surface area contributed by atoms with Crippen molar-refractivity contribution < 1.29 is 4.79 Å². The van der Waals surface area contributed by atoms with Crippen LogP contribution >= 0.6 is 34.7 Å². The molecule has 0 aliphatic carbocycles. The number of rotatable bonds is 7. The van der Waals surface area contributed by atoms with Crippen LogP contribution in [0, 0.1) is 0 Å². The van der Waals surface area contributed by atoms with Crippen molar-refractivity contribution in [2.75, 3.05) is 11.1 Å². The zero-order valence-corrected chi connectivity index (χ0v) is 18.3. The lowest BCUT2D eigenvalue weighted by Crippen LogP contribution is -2.14. The third-order valence-electron chi connectivity index (χ3n) is 4.19. The molecule has 1 amide bonds. The van der Waals surface area contributed by atoms with Crippen molar-refractivity contribution in [3.05, 3.63) is 59.2 Å². The van der Waals surface area contributed by atoms with E-state index in [-0.39, 0.29) is 11.7 Å². The third-order valence-corrected chi connectivity index (χ3v) is 6.17. The van der Waals surface area contributed by atoms with Crippen LogP contribution in [0.5, 0.6) is 0 Å². The summed E-state index contributed by atoms with van der Waals surface area (Å²) in [4.78, 5) is 20.9. The van der Waals surface area contributed by atoms with Gasteiger partial charge in [0.1, 0.15) is 0 Å². The van der Waals surface area contributed by atoms with E-state index in [9.17, 15) is 4.79 Å². The molecule has 0 bridgehead atoms. The number of aromatic nitrogens is 5. The number of pyridine rings is 1. The molecule has 0 unspecified atom stereocenters. The van der Waals surface area contributed by atoms with Gasteiger partial charge in [0.05, 0.1) is 11.4 Å². The first kappa shape index (κ1) is 20.5. The third kappa shape index (κ3) is 4.69. The van der Waals surface area contributed by atoms with Gasteiger partial charge in [-0.15, -0.1) is 21.5 Å². The standard InChI is InChI=1S/C20H17ClN6OS2/c1-2-27-18(14-7-9-22-10-8-14)25-26-20(27)30-12-17(28)24-19-23-16(11-29-19)13-3-5-15(21)6-4-13/h3-11H,2,12H2,1H3,(H,23,24,28). The fraction of sp³-hybridized carbons (Fsp3) is 0.150. The molecule has 0 atom stereocenters. The van der Waals surface area contributed by atoms with Crippen molar-refractivity contribution in [3.8, 4) is 22.6 Å². The number of anilines is 1. The molecule has 7 nitrogen and oxygen atoms in total. The molecule has 0 aliphatic heterocycles. The number of thioether (sulfide) groups is 1. The number of halogens is 1. The number of nitrogens with one attached hydrogen (secondary N) is 1. The Labute approximate surface area is 186 Å². The first-order valence-corrected chi connectivity index (χ1v) is 11.4. The summed E-state index contributed by atoms with van der Waals surface area (Å²) in [5, 5.41) is 15.2. The number of carbonyl (C=O) groups is 1. The largest absolute Gasteiger partial charge is 0.302 e. The average Bonchev–Trinajstić information content (AvgIpc) is 3.40. The van der Waals surface area contributed by atoms with Gasteiger partial charge in [-0.3, -0.25) is 9.78 Å². The number of carbonyl (C=O) groups excluding carboxylic acids is 1. The highest BCUT2D eigenvalue weighted by Gasteiger charge is 2.15. The van der Waals surface area contributed by atoms with Gasteiger partial charge in [-0.2, -0.15) is 0 Å². The van der Waals surface area contributed by atoms with E-state index in [4.69, 9.17) is 11.6 Å². The van der Waals surface area contributed by atoms with Gasteiger partial charge >= 0.3 is 0 Å². The average molecular weight is 457 g/mol. The zero-order valence-electron chi connectivity index (χ0n) is 15.9. The van der Waals surface area contributed by atoms with E-state index in [0.29, 0.717) is 21.9 Å². The number of amides is 1. The number of hydrogen-bond acceptors (Lipinski definition) is 7. The predicted octanol–water partition coefficient (Wildman–Crippen LogP) is 4.87. The highest BCUT2D eigenvalue weighted by molar-refractivity contribution is 7.99. The molecular formula is C20H17ClN6OS2. The second-order valence-corrected chi connectivity index (χ2v) is 8.41. The highest BCUT2D eigenvalue weighted by atomic mass is 35.5. The number of hydrogen-bond donors (Lipinski definition) is 1. The van der Waals surface area contributed by atoms with Crippen molar-refractivity contribution in [1.82, 2.24) is 24.7 Å². The van der Waals surface area contributed by atoms with Crippen molar-refractivity contribution in [3.63, 3.8) is 0 Å². The summed E-state index contributed by atoms with van der Waals surface area (Å²) in [6, 6.07) is 11.2. The van der Waals surface area contributed by atoms with E-state index in [1.807, 2.05) is 53.3 Å². The molecule has 0 spiro atoms. The fourth-order valence-corrected chi connectivity index (χ4v) is 4.43. The molecular weight excluding hydrogens is 440 g/mol. The van der Waals surface area contributed by atoms with E-state index in [1.165, 1.54) is 23.1 Å². The Morgan fingerprint density at radius 2 is 1.90 bits per heavy atom. The lowest BCUT2D eigenvalue weighted by atomic mass is 10.2. The van der Waals surface area contributed by atoms with Crippen LogP contribution in [-0.4, -0.2) is 36.4 Å². The molecule has 0 saturated carbocycles. The van der Waals surface area contributed by atoms with Gasteiger partial charge in [-0.1, -0.05) is 35.5 Å². The smallest absolute Gasteiger partial charge is 0.236 e. The highest BCUT2D eigenvalue weighted by Crippen LogP contribution is 2.27. The molecule has 0 aliphatic rings. The first-order chi connectivity index (χ1) is 14.6. The SMILES string of the molecule is CCn1c(SCC(=O)Nc2nc(-c3ccc(Cl)cc3)cs2)nnc1-c1ccncc1. The summed E-state index contributed by atoms with van der Waals surface area (Å²) >= 11 is 8.65. The van der Waals surface area contributed by atoms with E-state index in [2.05, 4.69) is 25.5 Å². The minimum atomic E-state index is -0.145. The summed E-state index contributed by atoms with van der Waals surface area (Å²) < 4.78 is 1.98. The topological polar surface area (TPSA) is 85.6 Å². The Morgan fingerprint density at radius 1 is 1.13 bits per heavy atom. The number of benzene rings is 1. The van der Waals surface area contributed by atoms with Crippen LogP contribution in [0.25, 0.3) is 22.6 Å². The normalized spacial score (nSPS) is 10.9. The molecule has 3 aromatic heterocycles. The molecule has 152 valence electrons. The van der Waals surface area contributed by atoms with Crippen molar-refractivity contribution >= 4 is 45.7 Å². The van der Waals surface area contributed by atoms with Gasteiger partial charge in [0.2, 0.25) is 5.91 Å². The Hall–Kier alpha value is -2.75. The quantitative estimate of drug-likeness (QED) is 0.399. The molecule has 4 aromatic rings. The Morgan fingerprint density at radius 3 is 2.63 bits per heavy atom. The second-order valence-electron chi connectivity index (χ2n) is 6.17. The predicted molar refractivity (Wildman–Crippen MR) is 121 cm³/mol. The van der Waals surface area contributed by atoms with Gasteiger partial charge in [-0.25, -0.2) is 4.98 Å². The summed E-state index contributed by atoms with van der Waals surface area (Å²) in [5.74, 6) is 0.827. The van der Waals surface area contributed by atoms with Gasteiger partial charge in [0.25, 0.3) is 0 Å².